The first-order valence-electron chi connectivity index (χ1n) is 10.4. The van der Waals surface area contributed by atoms with Gasteiger partial charge < -0.3 is 10.6 Å². The molecule has 33 heavy (non-hydrogen) atoms. The van der Waals surface area contributed by atoms with Crippen molar-refractivity contribution in [1.82, 2.24) is 14.8 Å². The maximum atomic E-state index is 14.6. The van der Waals surface area contributed by atoms with E-state index in [0.29, 0.717) is 34.4 Å². The predicted molar refractivity (Wildman–Crippen MR) is 127 cm³/mol. The molecular weight excluding hydrogens is 467 g/mol. The second-order valence-electron chi connectivity index (χ2n) is 7.80. The number of amides is 2. The average molecular weight is 489 g/mol. The van der Waals surface area contributed by atoms with Crippen molar-refractivity contribution >= 4 is 40.4 Å². The van der Waals surface area contributed by atoms with Gasteiger partial charge in [0.2, 0.25) is 5.91 Å². The average Bonchev–Trinajstić information content (AvgIpc) is 3.44. The molecule has 1 unspecified atom stereocenters. The molecule has 10 heteroatoms. The summed E-state index contributed by atoms with van der Waals surface area (Å²) >= 11 is 7.10. The maximum absolute atomic E-state index is 14.6. The molecule has 1 fully saturated rings. The molecule has 0 saturated carbocycles. The standard InChI is InChI=1S/C23H22ClFN4O3S/c1-14(28-11-9-15(13-28)26-23(32)19-7-8-20(24)33-19)22(31)27-18-6-5-16(12-17(18)25)29-10-3-2-4-21(29)30/h2-8,10,12,14-15H,9,11,13H2,1H3,(H,26,32)(H,27,31)/t14?,15-/m1/s1. The number of carbonyl (C=O) groups is 2. The number of carbonyl (C=O) groups excluding carboxylic acids is 2. The second-order valence-corrected chi connectivity index (χ2v) is 9.51. The highest BCUT2D eigenvalue weighted by Gasteiger charge is 2.31. The molecule has 3 heterocycles. The lowest BCUT2D eigenvalue weighted by atomic mass is 10.2. The Bertz CT molecular complexity index is 1240. The summed E-state index contributed by atoms with van der Waals surface area (Å²) in [6, 6.07) is 11.6. The molecule has 2 aromatic heterocycles. The molecule has 1 saturated heterocycles. The highest BCUT2D eigenvalue weighted by atomic mass is 35.5. The van der Waals surface area contributed by atoms with E-state index < -0.39 is 11.9 Å². The van der Waals surface area contributed by atoms with Crippen molar-refractivity contribution in [2.24, 2.45) is 0 Å². The van der Waals surface area contributed by atoms with Crippen LogP contribution in [0.1, 0.15) is 23.0 Å². The van der Waals surface area contributed by atoms with Crippen molar-refractivity contribution in [2.45, 2.75) is 25.4 Å². The quantitative estimate of drug-likeness (QED) is 0.556. The number of rotatable bonds is 6. The number of anilines is 1. The van der Waals surface area contributed by atoms with E-state index >= 15 is 0 Å². The number of likely N-dealkylation sites (tertiary alicyclic amines) is 1. The second kappa shape index (κ2) is 9.86. The van der Waals surface area contributed by atoms with E-state index in [1.54, 1.807) is 43.5 Å². The van der Waals surface area contributed by atoms with Gasteiger partial charge >= 0.3 is 0 Å². The molecule has 2 N–H and O–H groups in total. The van der Waals surface area contributed by atoms with Crippen molar-refractivity contribution in [3.8, 4) is 5.69 Å². The summed E-state index contributed by atoms with van der Waals surface area (Å²) in [5.41, 5.74) is 0.132. The highest BCUT2D eigenvalue weighted by molar-refractivity contribution is 7.18. The maximum Gasteiger partial charge on any atom is 0.261 e. The van der Waals surface area contributed by atoms with E-state index in [2.05, 4.69) is 10.6 Å². The Hall–Kier alpha value is -3.01. The van der Waals surface area contributed by atoms with Crippen LogP contribution >= 0.6 is 22.9 Å². The van der Waals surface area contributed by atoms with Gasteiger partial charge in [-0.25, -0.2) is 4.39 Å². The minimum atomic E-state index is -0.634. The van der Waals surface area contributed by atoms with Crippen LogP contribution in [0.25, 0.3) is 5.69 Å². The molecule has 7 nitrogen and oxygen atoms in total. The zero-order valence-corrected chi connectivity index (χ0v) is 19.3. The molecule has 1 aromatic carbocycles. The van der Waals surface area contributed by atoms with E-state index in [-0.39, 0.29) is 29.1 Å². The smallest absolute Gasteiger partial charge is 0.261 e. The Morgan fingerprint density at radius 1 is 1.21 bits per heavy atom. The predicted octanol–water partition coefficient (Wildman–Crippen LogP) is 3.52. The van der Waals surface area contributed by atoms with Crippen LogP contribution in [0.15, 0.2) is 59.5 Å². The largest absolute Gasteiger partial charge is 0.347 e. The Morgan fingerprint density at radius 2 is 2.03 bits per heavy atom. The van der Waals surface area contributed by atoms with Crippen LogP contribution in [-0.4, -0.2) is 46.5 Å². The molecule has 172 valence electrons. The first-order chi connectivity index (χ1) is 15.8. The molecule has 3 aromatic rings. The summed E-state index contributed by atoms with van der Waals surface area (Å²) in [5.74, 6) is -1.17. The summed E-state index contributed by atoms with van der Waals surface area (Å²) in [5, 5.41) is 5.59. The Labute approximate surface area is 198 Å². The van der Waals surface area contributed by atoms with Crippen LogP contribution in [0, 0.1) is 5.82 Å². The number of thiophene rings is 1. The van der Waals surface area contributed by atoms with E-state index in [4.69, 9.17) is 11.6 Å². The number of hydrogen-bond donors (Lipinski definition) is 2. The molecule has 0 bridgehead atoms. The van der Waals surface area contributed by atoms with Crippen molar-refractivity contribution in [1.29, 1.82) is 0 Å². The zero-order chi connectivity index (χ0) is 23.5. The molecule has 2 atom stereocenters. The van der Waals surface area contributed by atoms with Gasteiger partial charge in [0, 0.05) is 37.5 Å². The van der Waals surface area contributed by atoms with Crippen LogP contribution in [0.5, 0.6) is 0 Å². The summed E-state index contributed by atoms with van der Waals surface area (Å²) in [4.78, 5) is 39.5. The fraction of sp³-hybridized carbons (Fsp3) is 0.261. The zero-order valence-electron chi connectivity index (χ0n) is 17.8. The minimum Gasteiger partial charge on any atom is -0.347 e. The minimum absolute atomic E-state index is 0.0400. The lowest BCUT2D eigenvalue weighted by molar-refractivity contribution is -0.120. The van der Waals surface area contributed by atoms with Crippen molar-refractivity contribution in [2.75, 3.05) is 18.4 Å². The number of hydrogen-bond acceptors (Lipinski definition) is 5. The number of nitrogens with zero attached hydrogens (tertiary/aromatic N) is 2. The number of nitrogens with one attached hydrogen (secondary N) is 2. The van der Waals surface area contributed by atoms with Gasteiger partial charge in [0.1, 0.15) is 5.82 Å². The first kappa shape index (κ1) is 23.2. The topological polar surface area (TPSA) is 83.4 Å². The fourth-order valence-corrected chi connectivity index (χ4v) is 4.69. The third-order valence-corrected chi connectivity index (χ3v) is 6.82. The van der Waals surface area contributed by atoms with Gasteiger partial charge in [0.05, 0.1) is 26.6 Å². The van der Waals surface area contributed by atoms with Gasteiger partial charge in [0.15, 0.2) is 0 Å². The van der Waals surface area contributed by atoms with E-state index in [1.807, 2.05) is 4.90 Å². The van der Waals surface area contributed by atoms with Crippen LogP contribution in [0.2, 0.25) is 4.34 Å². The molecule has 1 aliphatic rings. The van der Waals surface area contributed by atoms with Crippen LogP contribution in [0.3, 0.4) is 0 Å². The SMILES string of the molecule is CC(C(=O)Nc1ccc(-n2ccccc2=O)cc1F)N1CC[C@@H](NC(=O)c2ccc(Cl)s2)C1. The van der Waals surface area contributed by atoms with Gasteiger partial charge in [-0.05, 0) is 43.7 Å². The number of aromatic nitrogens is 1. The third-order valence-electron chi connectivity index (χ3n) is 5.59. The Balaban J connectivity index is 1.35. The van der Waals surface area contributed by atoms with Crippen molar-refractivity contribution < 1.29 is 14.0 Å². The lowest BCUT2D eigenvalue weighted by Gasteiger charge is -2.23. The van der Waals surface area contributed by atoms with Gasteiger partial charge in [0.25, 0.3) is 11.5 Å². The molecule has 0 radical (unpaired) electrons. The van der Waals surface area contributed by atoms with Gasteiger partial charge in [-0.2, -0.15) is 0 Å². The summed E-state index contributed by atoms with van der Waals surface area (Å²) in [7, 11) is 0. The van der Waals surface area contributed by atoms with Crippen LogP contribution in [-0.2, 0) is 4.79 Å². The molecule has 1 aliphatic heterocycles. The molecule has 0 spiro atoms. The summed E-state index contributed by atoms with van der Waals surface area (Å²) in [6.45, 7) is 2.88. The number of halogens is 2. The molecule has 4 rings (SSSR count). The summed E-state index contributed by atoms with van der Waals surface area (Å²) in [6.07, 6.45) is 2.25. The van der Waals surface area contributed by atoms with Crippen molar-refractivity contribution in [3.63, 3.8) is 0 Å². The highest BCUT2D eigenvalue weighted by Crippen LogP contribution is 2.23. The van der Waals surface area contributed by atoms with E-state index in [0.717, 1.165) is 0 Å². The molecular formula is C23H22ClFN4O3S. The summed E-state index contributed by atoms with van der Waals surface area (Å²) < 4.78 is 16.5. The number of pyridine rings is 1. The fourth-order valence-electron chi connectivity index (χ4n) is 3.75. The third kappa shape index (κ3) is 5.32. The van der Waals surface area contributed by atoms with Crippen LogP contribution in [0.4, 0.5) is 10.1 Å². The van der Waals surface area contributed by atoms with Gasteiger partial charge in [-0.1, -0.05) is 17.7 Å². The van der Waals surface area contributed by atoms with E-state index in [9.17, 15) is 18.8 Å². The van der Waals surface area contributed by atoms with Gasteiger partial charge in [-0.15, -0.1) is 11.3 Å². The normalized spacial score (nSPS) is 17.0. The van der Waals surface area contributed by atoms with Gasteiger partial charge in [-0.3, -0.25) is 23.9 Å². The van der Waals surface area contributed by atoms with Crippen LogP contribution < -0.4 is 16.2 Å². The molecule has 0 aliphatic carbocycles. The first-order valence-corrected chi connectivity index (χ1v) is 11.6. The Kier molecular flexibility index (Phi) is 6.92. The lowest BCUT2D eigenvalue weighted by Crippen LogP contribution is -2.43. The van der Waals surface area contributed by atoms with Crippen molar-refractivity contribution in [3.05, 3.63) is 80.1 Å². The number of benzene rings is 1. The molecule has 2 amide bonds. The van der Waals surface area contributed by atoms with E-state index in [1.165, 1.54) is 34.1 Å². The Morgan fingerprint density at radius 3 is 2.73 bits per heavy atom. The monoisotopic (exact) mass is 488 g/mol.